The summed E-state index contributed by atoms with van der Waals surface area (Å²) in [6, 6.07) is 0. The van der Waals surface area contributed by atoms with E-state index in [4.69, 9.17) is 5.73 Å². The maximum Gasteiger partial charge on any atom is 0.145 e. The second kappa shape index (κ2) is 3.08. The van der Waals surface area contributed by atoms with Crippen molar-refractivity contribution in [2.24, 2.45) is 15.9 Å². The minimum atomic E-state index is 0.287. The normalized spacial score (nSPS) is 10.6. The van der Waals surface area contributed by atoms with Crippen LogP contribution in [0.4, 0.5) is 0 Å². The molecule has 3 heteroatoms. The molecule has 0 atom stereocenters. The van der Waals surface area contributed by atoms with Gasteiger partial charge in [-0.15, -0.1) is 5.10 Å². The van der Waals surface area contributed by atoms with Crippen LogP contribution in [-0.2, 0) is 0 Å². The van der Waals surface area contributed by atoms with Crippen molar-refractivity contribution in [3.05, 3.63) is 12.7 Å². The van der Waals surface area contributed by atoms with Gasteiger partial charge in [-0.3, -0.25) is 0 Å². The first-order valence-electron chi connectivity index (χ1n) is 1.73. The van der Waals surface area contributed by atoms with E-state index in [0.717, 1.165) is 0 Å². The van der Waals surface area contributed by atoms with Crippen LogP contribution in [0.15, 0.2) is 22.9 Å². The minimum absolute atomic E-state index is 0.287. The van der Waals surface area contributed by atoms with Crippen molar-refractivity contribution in [1.82, 2.24) is 0 Å². The molecule has 0 spiro atoms. The van der Waals surface area contributed by atoms with Crippen LogP contribution in [0.25, 0.3) is 0 Å². The van der Waals surface area contributed by atoms with Crippen LogP contribution >= 0.6 is 0 Å². The van der Waals surface area contributed by atoms with Gasteiger partial charge in [0.1, 0.15) is 5.84 Å². The van der Waals surface area contributed by atoms with Gasteiger partial charge in [0.05, 0.1) is 0 Å². The second-order valence-corrected chi connectivity index (χ2v) is 0.870. The van der Waals surface area contributed by atoms with Crippen molar-refractivity contribution >= 4 is 12.6 Å². The Bertz CT molecular complexity index is 104. The Morgan fingerprint density at radius 1 is 1.71 bits per heavy atom. The first kappa shape index (κ1) is 5.88. The zero-order valence-corrected chi connectivity index (χ0v) is 3.96. The first-order valence-corrected chi connectivity index (χ1v) is 1.73. The fourth-order valence-electron chi connectivity index (χ4n) is 0.122. The van der Waals surface area contributed by atoms with E-state index < -0.39 is 0 Å². The monoisotopic (exact) mass is 97.1 g/mol. The Morgan fingerprint density at radius 2 is 2.29 bits per heavy atom. The first-order chi connectivity index (χ1) is 3.31. The molecule has 0 saturated carbocycles. The second-order valence-electron chi connectivity index (χ2n) is 0.870. The third kappa shape index (κ3) is 2.69. The maximum absolute atomic E-state index is 5.08. The molecule has 0 aromatic heterocycles. The van der Waals surface area contributed by atoms with Crippen LogP contribution < -0.4 is 5.73 Å². The van der Waals surface area contributed by atoms with Gasteiger partial charge in [-0.1, -0.05) is 6.58 Å². The summed E-state index contributed by atoms with van der Waals surface area (Å²) in [4.78, 5) is 0. The van der Waals surface area contributed by atoms with Gasteiger partial charge in [0.2, 0.25) is 0 Å². The smallest absolute Gasteiger partial charge is 0.145 e. The molecule has 0 aromatic rings. The molecule has 0 aromatic carbocycles. The lowest BCUT2D eigenvalue weighted by atomic mass is 10.6. The van der Waals surface area contributed by atoms with Gasteiger partial charge < -0.3 is 5.73 Å². The van der Waals surface area contributed by atoms with Crippen molar-refractivity contribution in [3.8, 4) is 0 Å². The van der Waals surface area contributed by atoms with Crippen molar-refractivity contribution in [2.75, 3.05) is 0 Å². The van der Waals surface area contributed by atoms with E-state index in [2.05, 4.69) is 23.5 Å². The van der Waals surface area contributed by atoms with E-state index in [-0.39, 0.29) is 5.84 Å². The summed E-state index contributed by atoms with van der Waals surface area (Å²) < 4.78 is 0. The summed E-state index contributed by atoms with van der Waals surface area (Å²) in [5.41, 5.74) is 5.08. The SMILES string of the molecule is C=C/C(N)=N\N=C. The fraction of sp³-hybridized carbons (Fsp3) is 0. The van der Waals surface area contributed by atoms with Crippen molar-refractivity contribution in [1.29, 1.82) is 0 Å². The van der Waals surface area contributed by atoms with Gasteiger partial charge >= 0.3 is 0 Å². The average Bonchev–Trinajstić information content (AvgIpc) is 1.68. The lowest BCUT2D eigenvalue weighted by Gasteiger charge is -1.79. The summed E-state index contributed by atoms with van der Waals surface area (Å²) in [7, 11) is 0. The number of hydrogen-bond donors (Lipinski definition) is 1. The van der Waals surface area contributed by atoms with Crippen LogP contribution in [0, 0.1) is 0 Å². The minimum Gasteiger partial charge on any atom is -0.382 e. The predicted octanol–water partition coefficient (Wildman–Crippen LogP) is 0.145. The molecule has 7 heavy (non-hydrogen) atoms. The summed E-state index contributed by atoms with van der Waals surface area (Å²) >= 11 is 0. The average molecular weight is 97.1 g/mol. The van der Waals surface area contributed by atoms with Gasteiger partial charge in [-0.25, -0.2) is 0 Å². The summed E-state index contributed by atoms with van der Waals surface area (Å²) in [6.07, 6.45) is 1.40. The maximum atomic E-state index is 5.08. The van der Waals surface area contributed by atoms with Gasteiger partial charge in [0.15, 0.2) is 0 Å². The number of nitrogens with zero attached hydrogens (tertiary/aromatic N) is 2. The Balaban J connectivity index is 3.72. The van der Waals surface area contributed by atoms with Gasteiger partial charge in [0.25, 0.3) is 0 Å². The van der Waals surface area contributed by atoms with Crippen molar-refractivity contribution in [3.63, 3.8) is 0 Å². The van der Waals surface area contributed by atoms with Gasteiger partial charge in [-0.05, 0) is 6.08 Å². The Labute approximate surface area is 42.2 Å². The zero-order valence-electron chi connectivity index (χ0n) is 3.96. The summed E-state index contributed by atoms with van der Waals surface area (Å²) in [5.74, 6) is 0.287. The predicted molar refractivity (Wildman–Crippen MR) is 31.4 cm³/mol. The van der Waals surface area contributed by atoms with E-state index in [0.29, 0.717) is 0 Å². The van der Waals surface area contributed by atoms with Gasteiger partial charge in [-0.2, -0.15) is 5.10 Å². The largest absolute Gasteiger partial charge is 0.382 e. The van der Waals surface area contributed by atoms with E-state index >= 15 is 0 Å². The van der Waals surface area contributed by atoms with Crippen LogP contribution in [0.5, 0.6) is 0 Å². The molecule has 0 bridgehead atoms. The van der Waals surface area contributed by atoms with Crippen molar-refractivity contribution in [2.45, 2.75) is 0 Å². The topological polar surface area (TPSA) is 50.7 Å². The highest BCUT2D eigenvalue weighted by atomic mass is 15.2. The molecule has 0 rings (SSSR count). The third-order valence-electron chi connectivity index (χ3n) is 0.395. The highest BCUT2D eigenvalue weighted by Gasteiger charge is 1.72. The Hall–Kier alpha value is -1.12. The number of rotatable bonds is 2. The summed E-state index contributed by atoms with van der Waals surface area (Å²) in [5, 5.41) is 6.48. The molecule has 0 amide bonds. The lowest BCUT2D eigenvalue weighted by molar-refractivity contribution is 1.25. The molecule has 0 heterocycles. The highest BCUT2D eigenvalue weighted by Crippen LogP contribution is 1.68. The Kier molecular flexibility index (Phi) is 2.59. The molecule has 3 nitrogen and oxygen atoms in total. The van der Waals surface area contributed by atoms with E-state index in [9.17, 15) is 0 Å². The molecule has 0 fully saturated rings. The quantitative estimate of drug-likeness (QED) is 0.297. The Morgan fingerprint density at radius 3 is 2.43 bits per heavy atom. The van der Waals surface area contributed by atoms with Crippen LogP contribution in [0.1, 0.15) is 0 Å². The molecule has 0 aliphatic heterocycles. The van der Waals surface area contributed by atoms with E-state index in [1.165, 1.54) is 6.08 Å². The molecule has 0 aliphatic rings. The lowest BCUT2D eigenvalue weighted by Crippen LogP contribution is -2.05. The van der Waals surface area contributed by atoms with Crippen LogP contribution in [0.3, 0.4) is 0 Å². The highest BCUT2D eigenvalue weighted by molar-refractivity contribution is 5.90. The standard InChI is InChI=1S/C4H7N3/c1-3-4(5)7-6-2/h3H,1-2H2,(H2,5,7). The summed E-state index contributed by atoms with van der Waals surface area (Å²) in [6.45, 7) is 6.42. The zero-order chi connectivity index (χ0) is 5.70. The van der Waals surface area contributed by atoms with Crippen molar-refractivity contribution < 1.29 is 0 Å². The molecule has 0 saturated heterocycles. The molecule has 0 radical (unpaired) electrons. The molecule has 0 unspecified atom stereocenters. The number of nitrogens with two attached hydrogens (primary N) is 1. The third-order valence-corrected chi connectivity index (χ3v) is 0.395. The van der Waals surface area contributed by atoms with E-state index in [1.54, 1.807) is 0 Å². The molecular formula is C4H7N3. The van der Waals surface area contributed by atoms with Gasteiger partial charge in [0, 0.05) is 6.72 Å². The van der Waals surface area contributed by atoms with Crippen LogP contribution in [0.2, 0.25) is 0 Å². The number of amidine groups is 1. The number of hydrogen-bond acceptors (Lipinski definition) is 2. The van der Waals surface area contributed by atoms with E-state index in [1.807, 2.05) is 0 Å². The fourth-order valence-corrected chi connectivity index (χ4v) is 0.122. The molecular weight excluding hydrogens is 90.1 g/mol. The molecule has 2 N–H and O–H groups in total. The van der Waals surface area contributed by atoms with Crippen LogP contribution in [-0.4, -0.2) is 12.6 Å². The molecule has 0 aliphatic carbocycles. The molecule has 38 valence electrons.